The Balaban J connectivity index is 0.000000224. The fraction of sp³-hybridized carbons (Fsp3) is 0.143. The third kappa shape index (κ3) is 5.20. The predicted molar refractivity (Wildman–Crippen MR) is 123 cm³/mol. The fourth-order valence-corrected chi connectivity index (χ4v) is 4.53. The maximum absolute atomic E-state index is 12.5. The monoisotopic (exact) mass is 465 g/mol. The standard InChI is InChI=1S/C14H12ClN3S2.C7H6ClF/c1-18-14(16-8-17-18)13-11(15)7-12(20-13)9-3-5-10(19-2)6-4-9;1-5-6(8)3-2-4-7(5)9/h3-8H,1-2H3;2-4H,1H3. The molecule has 2 aromatic carbocycles. The Morgan fingerprint density at radius 1 is 1.07 bits per heavy atom. The van der Waals surface area contributed by atoms with E-state index in [2.05, 4.69) is 40.6 Å². The molecule has 150 valence electrons. The molecule has 0 saturated heterocycles. The van der Waals surface area contributed by atoms with Crippen molar-refractivity contribution in [3.63, 3.8) is 0 Å². The van der Waals surface area contributed by atoms with Crippen molar-refractivity contribution in [2.45, 2.75) is 11.8 Å². The molecule has 0 bridgehead atoms. The first-order chi connectivity index (χ1) is 13.9. The summed E-state index contributed by atoms with van der Waals surface area (Å²) in [6, 6.07) is 15.1. The number of aryl methyl sites for hydroxylation is 1. The molecule has 0 aliphatic heterocycles. The molecule has 0 fully saturated rings. The topological polar surface area (TPSA) is 30.7 Å². The molecule has 3 nitrogen and oxygen atoms in total. The number of halogens is 3. The van der Waals surface area contributed by atoms with Gasteiger partial charge in [0.05, 0.1) is 9.90 Å². The van der Waals surface area contributed by atoms with Crippen LogP contribution in [0.2, 0.25) is 10.0 Å². The van der Waals surface area contributed by atoms with Crippen LogP contribution in [0.4, 0.5) is 4.39 Å². The van der Waals surface area contributed by atoms with Crippen LogP contribution in [0.3, 0.4) is 0 Å². The van der Waals surface area contributed by atoms with Gasteiger partial charge in [0.25, 0.3) is 0 Å². The summed E-state index contributed by atoms with van der Waals surface area (Å²) in [5.41, 5.74) is 1.68. The summed E-state index contributed by atoms with van der Waals surface area (Å²) >= 11 is 15.3. The number of rotatable bonds is 3. The molecule has 4 rings (SSSR count). The zero-order chi connectivity index (χ0) is 21.0. The Hall–Kier alpha value is -1.86. The molecule has 8 heteroatoms. The summed E-state index contributed by atoms with van der Waals surface area (Å²) < 4.78 is 14.2. The molecule has 0 N–H and O–H groups in total. The average molecular weight is 466 g/mol. The van der Waals surface area contributed by atoms with Crippen molar-refractivity contribution in [2.24, 2.45) is 7.05 Å². The van der Waals surface area contributed by atoms with Crippen LogP contribution >= 0.6 is 46.3 Å². The van der Waals surface area contributed by atoms with Crippen molar-refractivity contribution < 1.29 is 4.39 Å². The quantitative estimate of drug-likeness (QED) is 0.295. The number of aromatic nitrogens is 3. The SMILES string of the molecule is CSc1ccc(-c2cc(Cl)c(-c3ncnn3C)s2)cc1.Cc1c(F)cccc1Cl. The van der Waals surface area contributed by atoms with Crippen LogP contribution in [0.25, 0.3) is 21.1 Å². The number of benzene rings is 2. The maximum atomic E-state index is 12.5. The van der Waals surface area contributed by atoms with Crippen LogP contribution in [-0.2, 0) is 7.05 Å². The van der Waals surface area contributed by atoms with Gasteiger partial charge in [-0.3, -0.25) is 0 Å². The largest absolute Gasteiger partial charge is 0.248 e. The number of nitrogens with zero attached hydrogens (tertiary/aromatic N) is 3. The zero-order valence-corrected chi connectivity index (χ0v) is 19.1. The molecular weight excluding hydrogens is 448 g/mol. The van der Waals surface area contributed by atoms with Crippen LogP contribution in [0.1, 0.15) is 5.56 Å². The average Bonchev–Trinajstić information content (AvgIpc) is 3.31. The number of thioether (sulfide) groups is 1. The highest BCUT2D eigenvalue weighted by molar-refractivity contribution is 7.98. The molecule has 0 aliphatic carbocycles. The van der Waals surface area contributed by atoms with E-state index in [1.807, 2.05) is 13.1 Å². The van der Waals surface area contributed by atoms with Gasteiger partial charge < -0.3 is 0 Å². The summed E-state index contributed by atoms with van der Waals surface area (Å²) in [6.07, 6.45) is 3.61. The molecular formula is C21H18Cl2FN3S2. The van der Waals surface area contributed by atoms with Crippen molar-refractivity contribution >= 4 is 46.3 Å². The Bertz CT molecular complexity index is 1090. The van der Waals surface area contributed by atoms with Crippen LogP contribution < -0.4 is 0 Å². The number of hydrogen-bond acceptors (Lipinski definition) is 4. The second-order valence-corrected chi connectivity index (χ2v) is 8.82. The first kappa shape index (κ1) is 21.8. The van der Waals surface area contributed by atoms with Gasteiger partial charge in [0.1, 0.15) is 12.1 Å². The molecule has 0 amide bonds. The van der Waals surface area contributed by atoms with Crippen molar-refractivity contribution in [3.8, 4) is 21.1 Å². The van der Waals surface area contributed by atoms with E-state index in [0.717, 1.165) is 20.6 Å². The molecule has 2 aromatic heterocycles. The molecule has 29 heavy (non-hydrogen) atoms. The number of hydrogen-bond donors (Lipinski definition) is 0. The minimum absolute atomic E-state index is 0.248. The molecule has 0 aliphatic rings. The highest BCUT2D eigenvalue weighted by Crippen LogP contribution is 2.40. The van der Waals surface area contributed by atoms with Gasteiger partial charge in [-0.15, -0.1) is 23.1 Å². The Morgan fingerprint density at radius 3 is 2.34 bits per heavy atom. The lowest BCUT2D eigenvalue weighted by atomic mass is 10.2. The predicted octanol–water partition coefficient (Wildman–Crippen LogP) is 7.37. The van der Waals surface area contributed by atoms with Crippen molar-refractivity contribution in [1.82, 2.24) is 14.8 Å². The van der Waals surface area contributed by atoms with E-state index in [-0.39, 0.29) is 5.82 Å². The van der Waals surface area contributed by atoms with Gasteiger partial charge in [-0.05, 0) is 49.1 Å². The van der Waals surface area contributed by atoms with Gasteiger partial charge in [0.2, 0.25) is 0 Å². The molecule has 0 atom stereocenters. The lowest BCUT2D eigenvalue weighted by Crippen LogP contribution is -1.92. The van der Waals surface area contributed by atoms with E-state index >= 15 is 0 Å². The van der Waals surface area contributed by atoms with Gasteiger partial charge in [0.15, 0.2) is 5.82 Å². The first-order valence-electron chi connectivity index (χ1n) is 8.59. The van der Waals surface area contributed by atoms with E-state index in [1.165, 1.54) is 16.5 Å². The van der Waals surface area contributed by atoms with E-state index in [4.69, 9.17) is 23.2 Å². The van der Waals surface area contributed by atoms with Crippen LogP contribution in [0, 0.1) is 12.7 Å². The lowest BCUT2D eigenvalue weighted by molar-refractivity contribution is 0.618. The molecule has 0 spiro atoms. The van der Waals surface area contributed by atoms with Gasteiger partial charge in [0, 0.05) is 27.4 Å². The minimum atomic E-state index is -0.248. The summed E-state index contributed by atoms with van der Waals surface area (Å²) in [6.45, 7) is 1.65. The van der Waals surface area contributed by atoms with E-state index in [1.54, 1.807) is 53.2 Å². The second kappa shape index (κ2) is 9.76. The Labute approximate surface area is 187 Å². The maximum Gasteiger partial charge on any atom is 0.169 e. The van der Waals surface area contributed by atoms with Crippen LogP contribution in [-0.4, -0.2) is 21.0 Å². The fourth-order valence-electron chi connectivity index (χ4n) is 2.50. The van der Waals surface area contributed by atoms with Crippen molar-refractivity contribution in [3.05, 3.63) is 76.3 Å². The zero-order valence-electron chi connectivity index (χ0n) is 16.0. The van der Waals surface area contributed by atoms with Gasteiger partial charge in [-0.2, -0.15) is 5.10 Å². The Kier molecular flexibility index (Phi) is 7.35. The number of thiophene rings is 1. The summed E-state index contributed by atoms with van der Waals surface area (Å²) in [7, 11) is 1.87. The molecule has 2 heterocycles. The van der Waals surface area contributed by atoms with E-state index in [9.17, 15) is 4.39 Å². The van der Waals surface area contributed by atoms with E-state index in [0.29, 0.717) is 10.6 Å². The molecule has 0 unspecified atom stereocenters. The first-order valence-corrected chi connectivity index (χ1v) is 11.4. The summed E-state index contributed by atoms with van der Waals surface area (Å²) in [5, 5.41) is 5.29. The molecule has 0 radical (unpaired) electrons. The second-order valence-electron chi connectivity index (χ2n) is 6.07. The van der Waals surface area contributed by atoms with Crippen molar-refractivity contribution in [1.29, 1.82) is 0 Å². The van der Waals surface area contributed by atoms with Crippen LogP contribution in [0.15, 0.2) is 59.8 Å². The third-order valence-electron chi connectivity index (χ3n) is 4.18. The van der Waals surface area contributed by atoms with Gasteiger partial charge in [-0.1, -0.05) is 41.4 Å². The highest BCUT2D eigenvalue weighted by Gasteiger charge is 2.14. The smallest absolute Gasteiger partial charge is 0.169 e. The van der Waals surface area contributed by atoms with Crippen LogP contribution in [0.5, 0.6) is 0 Å². The highest BCUT2D eigenvalue weighted by atomic mass is 35.5. The van der Waals surface area contributed by atoms with E-state index < -0.39 is 0 Å². The molecule has 4 aromatic rings. The Morgan fingerprint density at radius 2 is 1.79 bits per heavy atom. The minimum Gasteiger partial charge on any atom is -0.248 e. The lowest BCUT2D eigenvalue weighted by Gasteiger charge is -1.99. The normalized spacial score (nSPS) is 10.6. The third-order valence-corrected chi connectivity index (χ3v) is 6.92. The van der Waals surface area contributed by atoms with Gasteiger partial charge >= 0.3 is 0 Å². The van der Waals surface area contributed by atoms with Gasteiger partial charge in [-0.25, -0.2) is 14.1 Å². The summed E-state index contributed by atoms with van der Waals surface area (Å²) in [4.78, 5) is 7.60. The molecule has 0 saturated carbocycles. The summed E-state index contributed by atoms with van der Waals surface area (Å²) in [5.74, 6) is 0.550. The van der Waals surface area contributed by atoms with Crippen molar-refractivity contribution in [2.75, 3.05) is 6.26 Å².